The van der Waals surface area contributed by atoms with Gasteiger partial charge in [0.1, 0.15) is 5.75 Å². The molecular weight excluding hydrogens is 306 g/mol. The molecule has 0 spiro atoms. The summed E-state index contributed by atoms with van der Waals surface area (Å²) >= 11 is 0. The number of benzene rings is 2. The van der Waals surface area contributed by atoms with Gasteiger partial charge in [0, 0.05) is 24.9 Å². The van der Waals surface area contributed by atoms with Crippen LogP contribution in [0.15, 0.2) is 36.4 Å². The van der Waals surface area contributed by atoms with Gasteiger partial charge in [0.25, 0.3) is 0 Å². The summed E-state index contributed by atoms with van der Waals surface area (Å²) in [5.74, 6) is 0.553. The van der Waals surface area contributed by atoms with Crippen molar-refractivity contribution in [2.45, 2.75) is 32.6 Å². The summed E-state index contributed by atoms with van der Waals surface area (Å²) in [7, 11) is 1.63. The van der Waals surface area contributed by atoms with Crippen LogP contribution in [0.2, 0.25) is 0 Å². The standard InChI is InChI=1S/C19H23NO4/c1-3-20(23)19(22)7-5-4-6-18(21)16-9-8-15-13-17(24-2)11-10-14(15)12-16/h8-13,23H,3-7H2,1-2H3. The molecule has 0 radical (unpaired) electrons. The SMILES string of the molecule is CCN(O)C(=O)CCCCC(=O)c1ccc2cc(OC)ccc2c1. The first-order valence-corrected chi connectivity index (χ1v) is 8.15. The summed E-state index contributed by atoms with van der Waals surface area (Å²) in [6.07, 6.45) is 1.87. The van der Waals surface area contributed by atoms with Gasteiger partial charge in [-0.3, -0.25) is 14.8 Å². The van der Waals surface area contributed by atoms with Gasteiger partial charge in [-0.25, -0.2) is 5.06 Å². The van der Waals surface area contributed by atoms with E-state index in [2.05, 4.69) is 0 Å². The number of methoxy groups -OCH3 is 1. The molecule has 1 amide bonds. The average Bonchev–Trinajstić information content (AvgIpc) is 2.63. The van der Waals surface area contributed by atoms with Crippen LogP contribution in [0, 0.1) is 0 Å². The van der Waals surface area contributed by atoms with E-state index in [1.54, 1.807) is 14.0 Å². The molecule has 0 aliphatic carbocycles. The Kier molecular flexibility index (Phi) is 6.32. The number of ketones is 1. The zero-order valence-electron chi connectivity index (χ0n) is 14.1. The van der Waals surface area contributed by atoms with Gasteiger partial charge in [-0.15, -0.1) is 0 Å². The van der Waals surface area contributed by atoms with Crippen LogP contribution in [0.25, 0.3) is 10.8 Å². The molecule has 2 aromatic carbocycles. The number of hydroxylamine groups is 2. The van der Waals surface area contributed by atoms with Gasteiger partial charge in [-0.05, 0) is 48.7 Å². The summed E-state index contributed by atoms with van der Waals surface area (Å²) < 4.78 is 5.19. The van der Waals surface area contributed by atoms with Crippen LogP contribution in [0.5, 0.6) is 5.75 Å². The normalized spacial score (nSPS) is 10.6. The highest BCUT2D eigenvalue weighted by atomic mass is 16.5. The molecule has 2 rings (SSSR count). The third kappa shape index (κ3) is 4.55. The van der Waals surface area contributed by atoms with Crippen molar-refractivity contribution in [1.29, 1.82) is 0 Å². The maximum atomic E-state index is 12.3. The molecular formula is C19H23NO4. The summed E-state index contributed by atoms with van der Waals surface area (Å²) in [6, 6.07) is 11.4. The second kappa shape index (κ2) is 8.45. The first-order valence-electron chi connectivity index (χ1n) is 8.15. The van der Waals surface area contributed by atoms with E-state index in [-0.39, 0.29) is 24.7 Å². The van der Waals surface area contributed by atoms with Crippen LogP contribution in [-0.2, 0) is 4.79 Å². The topological polar surface area (TPSA) is 66.8 Å². The lowest BCUT2D eigenvalue weighted by molar-refractivity contribution is -0.164. The number of unbranched alkanes of at least 4 members (excludes halogenated alkanes) is 1. The number of hydrogen-bond donors (Lipinski definition) is 1. The molecule has 0 saturated heterocycles. The number of amides is 1. The second-order valence-corrected chi connectivity index (χ2v) is 5.67. The van der Waals surface area contributed by atoms with E-state index in [0.29, 0.717) is 29.9 Å². The van der Waals surface area contributed by atoms with Crippen molar-refractivity contribution in [3.63, 3.8) is 0 Å². The van der Waals surface area contributed by atoms with Crippen LogP contribution in [0.3, 0.4) is 0 Å². The van der Waals surface area contributed by atoms with Gasteiger partial charge >= 0.3 is 0 Å². The van der Waals surface area contributed by atoms with Gasteiger partial charge < -0.3 is 4.74 Å². The lowest BCUT2D eigenvalue weighted by atomic mass is 10.0. The summed E-state index contributed by atoms with van der Waals surface area (Å²) in [5, 5.41) is 12.0. The highest BCUT2D eigenvalue weighted by molar-refractivity contribution is 6.00. The molecule has 5 nitrogen and oxygen atoms in total. The second-order valence-electron chi connectivity index (χ2n) is 5.67. The summed E-state index contributed by atoms with van der Waals surface area (Å²) in [5.41, 5.74) is 0.677. The van der Waals surface area contributed by atoms with Crippen molar-refractivity contribution < 1.29 is 19.5 Å². The number of ether oxygens (including phenoxy) is 1. The minimum absolute atomic E-state index is 0.0662. The van der Waals surface area contributed by atoms with E-state index >= 15 is 0 Å². The van der Waals surface area contributed by atoms with E-state index in [4.69, 9.17) is 4.74 Å². The Bertz CT molecular complexity index is 726. The van der Waals surface area contributed by atoms with E-state index < -0.39 is 0 Å². The Morgan fingerprint density at radius 1 is 1.04 bits per heavy atom. The predicted octanol–water partition coefficient (Wildman–Crippen LogP) is 3.83. The number of rotatable bonds is 8. The Hall–Kier alpha value is -2.40. The molecule has 0 aromatic heterocycles. The maximum absolute atomic E-state index is 12.3. The Morgan fingerprint density at radius 3 is 2.42 bits per heavy atom. The van der Waals surface area contributed by atoms with Crippen LogP contribution in [0.4, 0.5) is 0 Å². The van der Waals surface area contributed by atoms with Crippen LogP contribution < -0.4 is 4.74 Å². The minimum Gasteiger partial charge on any atom is -0.497 e. The lowest BCUT2D eigenvalue weighted by Crippen LogP contribution is -2.26. The van der Waals surface area contributed by atoms with E-state index in [9.17, 15) is 14.8 Å². The third-order valence-electron chi connectivity index (χ3n) is 4.00. The molecule has 0 aliphatic rings. The van der Waals surface area contributed by atoms with E-state index in [1.807, 2.05) is 36.4 Å². The average molecular weight is 329 g/mol. The monoisotopic (exact) mass is 329 g/mol. The molecule has 0 heterocycles. The van der Waals surface area contributed by atoms with Gasteiger partial charge in [0.15, 0.2) is 5.78 Å². The Balaban J connectivity index is 1.90. The van der Waals surface area contributed by atoms with Crippen LogP contribution in [0.1, 0.15) is 43.0 Å². The Labute approximate surface area is 141 Å². The first-order chi connectivity index (χ1) is 11.5. The van der Waals surface area contributed by atoms with Crippen molar-refractivity contribution in [1.82, 2.24) is 5.06 Å². The van der Waals surface area contributed by atoms with Crippen molar-refractivity contribution >= 4 is 22.5 Å². The molecule has 5 heteroatoms. The van der Waals surface area contributed by atoms with Crippen molar-refractivity contribution in [2.75, 3.05) is 13.7 Å². The highest BCUT2D eigenvalue weighted by Gasteiger charge is 2.10. The number of nitrogens with zero attached hydrogens (tertiary/aromatic N) is 1. The van der Waals surface area contributed by atoms with Crippen LogP contribution in [-0.4, -0.2) is 35.6 Å². The van der Waals surface area contributed by atoms with Gasteiger partial charge in [0.05, 0.1) is 7.11 Å². The minimum atomic E-state index is -0.301. The van der Waals surface area contributed by atoms with Gasteiger partial charge in [0.2, 0.25) is 5.91 Å². The number of Topliss-reactive ketones (excluding diaryl/α,β-unsaturated/α-hetero) is 1. The fourth-order valence-electron chi connectivity index (χ4n) is 2.54. The quantitative estimate of drug-likeness (QED) is 0.346. The van der Waals surface area contributed by atoms with Crippen molar-refractivity contribution in [2.24, 2.45) is 0 Å². The smallest absolute Gasteiger partial charge is 0.245 e. The first kappa shape index (κ1) is 17.9. The molecule has 0 aliphatic heterocycles. The molecule has 0 unspecified atom stereocenters. The number of fused-ring (bicyclic) bond motifs is 1. The summed E-state index contributed by atoms with van der Waals surface area (Å²) in [4.78, 5) is 23.7. The molecule has 0 bridgehead atoms. The molecule has 0 fully saturated rings. The summed E-state index contributed by atoms with van der Waals surface area (Å²) in [6.45, 7) is 1.98. The fraction of sp³-hybridized carbons (Fsp3) is 0.368. The molecule has 1 N–H and O–H groups in total. The van der Waals surface area contributed by atoms with Crippen molar-refractivity contribution in [3.8, 4) is 5.75 Å². The lowest BCUT2D eigenvalue weighted by Gasteiger charge is -2.11. The molecule has 0 atom stereocenters. The maximum Gasteiger partial charge on any atom is 0.245 e. The predicted molar refractivity (Wildman–Crippen MR) is 92.5 cm³/mol. The van der Waals surface area contributed by atoms with Gasteiger partial charge in [-0.1, -0.05) is 18.2 Å². The molecule has 2 aromatic rings. The highest BCUT2D eigenvalue weighted by Crippen LogP contribution is 2.22. The third-order valence-corrected chi connectivity index (χ3v) is 4.00. The van der Waals surface area contributed by atoms with E-state index in [1.165, 1.54) is 0 Å². The van der Waals surface area contributed by atoms with E-state index in [0.717, 1.165) is 16.5 Å². The number of hydrogen-bond acceptors (Lipinski definition) is 4. The largest absolute Gasteiger partial charge is 0.497 e. The number of carbonyl (C=O) groups excluding carboxylic acids is 2. The van der Waals surface area contributed by atoms with Crippen LogP contribution >= 0.6 is 0 Å². The molecule has 128 valence electrons. The van der Waals surface area contributed by atoms with Crippen molar-refractivity contribution in [3.05, 3.63) is 42.0 Å². The molecule has 24 heavy (non-hydrogen) atoms. The zero-order chi connectivity index (χ0) is 17.5. The Morgan fingerprint density at radius 2 is 1.71 bits per heavy atom. The fourth-order valence-corrected chi connectivity index (χ4v) is 2.54. The number of carbonyl (C=O) groups is 2. The zero-order valence-corrected chi connectivity index (χ0v) is 14.1. The van der Waals surface area contributed by atoms with Gasteiger partial charge in [-0.2, -0.15) is 0 Å². The molecule has 0 saturated carbocycles.